The summed E-state index contributed by atoms with van der Waals surface area (Å²) in [6.07, 6.45) is 0. The summed E-state index contributed by atoms with van der Waals surface area (Å²) in [5, 5.41) is 10.9. The average molecular weight is 473 g/mol. The number of benzene rings is 2. The average Bonchev–Trinajstić information content (AvgIpc) is 2.35. The van der Waals surface area contributed by atoms with Gasteiger partial charge in [-0.2, -0.15) is 8.42 Å². The Balaban J connectivity index is 2.56. The lowest BCUT2D eigenvalue weighted by molar-refractivity contribution is -0.385. The van der Waals surface area contributed by atoms with Crippen molar-refractivity contribution in [2.75, 3.05) is 0 Å². The van der Waals surface area contributed by atoms with Gasteiger partial charge in [0.15, 0.2) is 0 Å². The Morgan fingerprint density at radius 1 is 1.04 bits per heavy atom. The van der Waals surface area contributed by atoms with Crippen molar-refractivity contribution in [3.63, 3.8) is 0 Å². The molecule has 0 fully saturated rings. The fourth-order valence-electron chi connectivity index (χ4n) is 1.63. The van der Waals surface area contributed by atoms with Crippen LogP contribution in [0.4, 0.5) is 14.5 Å². The lowest BCUT2D eigenvalue weighted by atomic mass is 10.3. The summed E-state index contributed by atoms with van der Waals surface area (Å²) in [6.45, 7) is 0. The second-order valence-corrected chi connectivity index (χ2v) is 7.30. The summed E-state index contributed by atoms with van der Waals surface area (Å²) < 4.78 is 55.4. The molecule has 0 aromatic heterocycles. The molecule has 0 amide bonds. The molecule has 11 heteroatoms. The van der Waals surface area contributed by atoms with Crippen LogP contribution in [0.2, 0.25) is 0 Å². The molecule has 0 saturated carbocycles. The number of hydrogen-bond donors (Lipinski definition) is 0. The SMILES string of the molecule is O=[N+]([O-])c1ccc(F)cc1OS(=O)(=O)c1c(Br)cc(F)cc1Br. The molecule has 2 aromatic carbocycles. The van der Waals surface area contributed by atoms with E-state index in [1.165, 1.54) is 0 Å². The van der Waals surface area contributed by atoms with Crippen LogP contribution in [0.15, 0.2) is 44.2 Å². The Kier molecular flexibility index (Phi) is 5.01. The standard InChI is InChI=1S/C12H5Br2F2NO5S/c13-8-3-7(16)4-9(14)12(8)23(20,21)22-11-5-6(15)1-2-10(11)17(18)19/h1-5H. The zero-order valence-electron chi connectivity index (χ0n) is 10.8. The Hall–Kier alpha value is -1.59. The molecule has 2 rings (SSSR count). The molecular weight excluding hydrogens is 468 g/mol. The molecule has 0 radical (unpaired) electrons. The highest BCUT2D eigenvalue weighted by atomic mass is 79.9. The first kappa shape index (κ1) is 17.8. The fraction of sp³-hybridized carbons (Fsp3) is 0. The molecule has 0 spiro atoms. The van der Waals surface area contributed by atoms with Crippen molar-refractivity contribution >= 4 is 47.7 Å². The van der Waals surface area contributed by atoms with Crippen LogP contribution in [0.3, 0.4) is 0 Å². The predicted octanol–water partition coefficient (Wildman–Crippen LogP) is 4.17. The Bertz CT molecular complexity index is 881. The lowest BCUT2D eigenvalue weighted by Crippen LogP contribution is -2.12. The van der Waals surface area contributed by atoms with Crippen molar-refractivity contribution in [1.82, 2.24) is 0 Å². The predicted molar refractivity (Wildman–Crippen MR) is 82.7 cm³/mol. The highest BCUT2D eigenvalue weighted by Crippen LogP contribution is 2.35. The zero-order valence-corrected chi connectivity index (χ0v) is 14.8. The first-order valence-electron chi connectivity index (χ1n) is 5.65. The van der Waals surface area contributed by atoms with E-state index in [-0.39, 0.29) is 8.95 Å². The molecule has 23 heavy (non-hydrogen) atoms. The van der Waals surface area contributed by atoms with Crippen molar-refractivity contribution in [3.8, 4) is 5.75 Å². The molecule has 0 aliphatic carbocycles. The van der Waals surface area contributed by atoms with Crippen LogP contribution in [0.25, 0.3) is 0 Å². The van der Waals surface area contributed by atoms with E-state index in [1.54, 1.807) is 0 Å². The molecule has 2 aromatic rings. The Morgan fingerprint density at radius 2 is 1.61 bits per heavy atom. The van der Waals surface area contributed by atoms with E-state index in [2.05, 4.69) is 36.0 Å². The van der Waals surface area contributed by atoms with Crippen LogP contribution >= 0.6 is 31.9 Å². The van der Waals surface area contributed by atoms with Gasteiger partial charge in [0, 0.05) is 21.1 Å². The summed E-state index contributed by atoms with van der Waals surface area (Å²) in [7, 11) is -4.60. The second kappa shape index (κ2) is 6.49. The van der Waals surface area contributed by atoms with Gasteiger partial charge in [0.1, 0.15) is 16.5 Å². The number of hydrogen-bond acceptors (Lipinski definition) is 5. The van der Waals surface area contributed by atoms with Crippen LogP contribution in [0.1, 0.15) is 0 Å². The van der Waals surface area contributed by atoms with Crippen LogP contribution in [0, 0.1) is 21.7 Å². The van der Waals surface area contributed by atoms with Gasteiger partial charge in [0.05, 0.1) is 4.92 Å². The largest absolute Gasteiger partial charge is 0.371 e. The van der Waals surface area contributed by atoms with Crippen LogP contribution in [-0.2, 0) is 10.1 Å². The lowest BCUT2D eigenvalue weighted by Gasteiger charge is -2.10. The van der Waals surface area contributed by atoms with Crippen LogP contribution < -0.4 is 4.18 Å². The maximum atomic E-state index is 13.2. The molecule has 0 heterocycles. The summed E-state index contributed by atoms with van der Waals surface area (Å²) in [4.78, 5) is 9.47. The minimum Gasteiger partial charge on any atom is -0.371 e. The smallest absolute Gasteiger partial charge is 0.341 e. The third-order valence-electron chi connectivity index (χ3n) is 2.53. The molecule has 0 bridgehead atoms. The van der Waals surface area contributed by atoms with Gasteiger partial charge in [0.2, 0.25) is 5.75 Å². The van der Waals surface area contributed by atoms with E-state index in [4.69, 9.17) is 0 Å². The minimum atomic E-state index is -4.60. The van der Waals surface area contributed by atoms with E-state index in [1.807, 2.05) is 0 Å². The van der Waals surface area contributed by atoms with Crippen LogP contribution in [-0.4, -0.2) is 13.3 Å². The Morgan fingerprint density at radius 3 is 2.13 bits per heavy atom. The zero-order chi connectivity index (χ0) is 17.4. The summed E-state index contributed by atoms with van der Waals surface area (Å²) in [5.41, 5.74) is -0.732. The quantitative estimate of drug-likeness (QED) is 0.378. The highest BCUT2D eigenvalue weighted by molar-refractivity contribution is 9.11. The molecule has 0 saturated heterocycles. The third kappa shape index (κ3) is 3.85. The maximum absolute atomic E-state index is 13.2. The summed E-state index contributed by atoms with van der Waals surface area (Å²) in [5.74, 6) is -2.43. The van der Waals surface area contributed by atoms with Gasteiger partial charge in [-0.15, -0.1) is 0 Å². The van der Waals surface area contributed by atoms with Crippen LogP contribution in [0.5, 0.6) is 5.75 Å². The second-order valence-electron chi connectivity index (χ2n) is 4.11. The molecule has 0 aliphatic heterocycles. The molecule has 0 atom stereocenters. The fourth-order valence-corrected chi connectivity index (χ4v) is 5.00. The summed E-state index contributed by atoms with van der Waals surface area (Å²) in [6, 6.07) is 3.89. The minimum absolute atomic E-state index is 0.163. The number of halogens is 4. The maximum Gasteiger partial charge on any atom is 0.341 e. The van der Waals surface area contributed by atoms with Gasteiger partial charge in [0.25, 0.3) is 0 Å². The molecule has 0 aliphatic rings. The first-order valence-corrected chi connectivity index (χ1v) is 8.64. The van der Waals surface area contributed by atoms with Gasteiger partial charge in [-0.1, -0.05) is 0 Å². The first-order chi connectivity index (χ1) is 10.6. The normalized spacial score (nSPS) is 11.3. The monoisotopic (exact) mass is 471 g/mol. The number of rotatable bonds is 4. The molecule has 122 valence electrons. The molecule has 6 nitrogen and oxygen atoms in total. The van der Waals surface area contributed by atoms with Gasteiger partial charge in [-0.25, -0.2) is 8.78 Å². The highest BCUT2D eigenvalue weighted by Gasteiger charge is 2.28. The van der Waals surface area contributed by atoms with E-state index in [9.17, 15) is 27.3 Å². The molecular formula is C12H5Br2F2NO5S. The van der Waals surface area contributed by atoms with E-state index in [0.29, 0.717) is 6.07 Å². The van der Waals surface area contributed by atoms with Gasteiger partial charge in [-0.05, 0) is 50.1 Å². The third-order valence-corrected chi connectivity index (χ3v) is 5.65. The van der Waals surface area contributed by atoms with Crippen molar-refractivity contribution < 1.29 is 26.3 Å². The Labute approximate surface area is 145 Å². The number of nitrogens with zero attached hydrogens (tertiary/aromatic N) is 1. The number of nitro benzene ring substituents is 1. The van der Waals surface area contributed by atoms with Crippen molar-refractivity contribution in [2.45, 2.75) is 4.90 Å². The number of nitro groups is 1. The molecule has 0 N–H and O–H groups in total. The van der Waals surface area contributed by atoms with Gasteiger partial charge in [-0.3, -0.25) is 10.1 Å². The van der Waals surface area contributed by atoms with E-state index < -0.39 is 43.0 Å². The topological polar surface area (TPSA) is 86.5 Å². The van der Waals surface area contributed by atoms with Gasteiger partial charge < -0.3 is 4.18 Å². The van der Waals surface area contributed by atoms with Crippen molar-refractivity contribution in [3.05, 3.63) is 61.0 Å². The van der Waals surface area contributed by atoms with Crippen molar-refractivity contribution in [1.29, 1.82) is 0 Å². The summed E-state index contributed by atoms with van der Waals surface area (Å²) >= 11 is 5.74. The molecule has 0 unspecified atom stereocenters. The van der Waals surface area contributed by atoms with Gasteiger partial charge >= 0.3 is 15.8 Å². The van der Waals surface area contributed by atoms with Crippen molar-refractivity contribution in [2.24, 2.45) is 0 Å². The van der Waals surface area contributed by atoms with E-state index in [0.717, 1.165) is 24.3 Å². The van der Waals surface area contributed by atoms with E-state index >= 15 is 0 Å².